The summed E-state index contributed by atoms with van der Waals surface area (Å²) >= 11 is 1.37. The van der Waals surface area contributed by atoms with Gasteiger partial charge in [0.05, 0.1) is 37.0 Å². The molecule has 81 heavy (non-hydrogen) atoms. The summed E-state index contributed by atoms with van der Waals surface area (Å²) < 4.78 is 58.7. The lowest BCUT2D eigenvalue weighted by Gasteiger charge is -2.53. The second kappa shape index (κ2) is 25.3. The maximum Gasteiger partial charge on any atom is 0.433 e. The number of anilines is 1. The Balaban J connectivity index is 0.635. The lowest BCUT2D eigenvalue weighted by molar-refractivity contribution is -0.141. The van der Waals surface area contributed by atoms with Crippen molar-refractivity contribution in [1.82, 2.24) is 40.2 Å². The molecular formula is C60H74F3N9O8S. The molecule has 434 valence electrons. The third kappa shape index (κ3) is 13.7. The second-order valence-electron chi connectivity index (χ2n) is 23.1. The lowest BCUT2D eigenvalue weighted by atomic mass is 9.56. The number of alkyl halides is 3. The quantitative estimate of drug-likeness (QED) is 0.0523. The molecule has 4 amide bonds. The van der Waals surface area contributed by atoms with Gasteiger partial charge in [0.1, 0.15) is 39.6 Å². The Morgan fingerprint density at radius 3 is 2.37 bits per heavy atom. The number of aromatic nitrogens is 4. The number of hydrogen-bond acceptors (Lipinski definition) is 13. The number of rotatable bonds is 19. The third-order valence-corrected chi connectivity index (χ3v) is 18.6. The number of ketones is 1. The number of pyridine rings is 1. The number of thiazole rings is 1. The van der Waals surface area contributed by atoms with Crippen LogP contribution >= 0.6 is 11.3 Å². The summed E-state index contributed by atoms with van der Waals surface area (Å²) in [5, 5.41) is 16.1. The van der Waals surface area contributed by atoms with E-state index >= 15 is 0 Å². The molecule has 3 saturated carbocycles. The van der Waals surface area contributed by atoms with E-state index in [0.717, 1.165) is 114 Å². The second-order valence-corrected chi connectivity index (χ2v) is 24.0. The number of amides is 4. The van der Waals surface area contributed by atoms with Crippen LogP contribution in [0.4, 0.5) is 23.7 Å². The number of likely N-dealkylation sites (tertiary alicyclic amines) is 2. The molecule has 0 unspecified atom stereocenters. The predicted molar refractivity (Wildman–Crippen MR) is 299 cm³/mol. The highest BCUT2D eigenvalue weighted by atomic mass is 32.1. The first-order chi connectivity index (χ1) is 39.0. The highest BCUT2D eigenvalue weighted by Crippen LogP contribution is 2.54. The molecule has 3 aromatic heterocycles. The van der Waals surface area contributed by atoms with E-state index in [1.807, 2.05) is 27.9 Å². The number of nitrogens with zero attached hydrogens (tertiary/aromatic N) is 6. The largest absolute Gasteiger partial charge is 0.494 e. The van der Waals surface area contributed by atoms with Gasteiger partial charge in [-0.05, 0) is 163 Å². The van der Waals surface area contributed by atoms with Crippen molar-refractivity contribution in [1.29, 1.82) is 0 Å². The molecule has 0 bridgehead atoms. The van der Waals surface area contributed by atoms with Crippen molar-refractivity contribution in [3.05, 3.63) is 93.8 Å². The molecule has 10 rings (SSSR count). The monoisotopic (exact) mass is 1140 g/mol. The van der Waals surface area contributed by atoms with Gasteiger partial charge in [-0.15, -0.1) is 11.3 Å². The van der Waals surface area contributed by atoms with Crippen molar-refractivity contribution < 1.29 is 51.4 Å². The Kier molecular flexibility index (Phi) is 18.0. The number of nitrogens with one attached hydrogen (secondary N) is 3. The van der Waals surface area contributed by atoms with E-state index in [-0.39, 0.29) is 35.4 Å². The fraction of sp³-hybridized carbons (Fsp3) is 0.567. The van der Waals surface area contributed by atoms with Crippen LogP contribution in [0.1, 0.15) is 165 Å². The van der Waals surface area contributed by atoms with Gasteiger partial charge >= 0.3 is 12.3 Å². The summed E-state index contributed by atoms with van der Waals surface area (Å²) in [4.78, 5) is 79.0. The van der Waals surface area contributed by atoms with Crippen LogP contribution in [0.25, 0.3) is 10.9 Å². The van der Waals surface area contributed by atoms with Crippen LogP contribution in [-0.4, -0.2) is 118 Å². The number of alkyl carbamates (subject to hydrolysis) is 1. The van der Waals surface area contributed by atoms with Crippen molar-refractivity contribution in [2.75, 3.05) is 52.3 Å². The van der Waals surface area contributed by atoms with Gasteiger partial charge in [0.2, 0.25) is 11.7 Å². The van der Waals surface area contributed by atoms with Gasteiger partial charge < -0.3 is 40.0 Å². The highest BCUT2D eigenvalue weighted by molar-refractivity contribution is 7.10. The molecule has 5 aromatic rings. The zero-order valence-corrected chi connectivity index (χ0v) is 47.3. The lowest BCUT2D eigenvalue weighted by Crippen LogP contribution is -2.54. The van der Waals surface area contributed by atoms with E-state index in [1.165, 1.54) is 64.2 Å². The first-order valence-corrected chi connectivity index (χ1v) is 29.8. The number of hydrogen-bond donors (Lipinski definition) is 3. The SMILES string of the molecule is CNC(=O)O[C@@H](C)C(=O)N[C@H](C(=O)N1CCC[C@H]1c1nc(C(=O)c2cccc(OCCCC3CC4(CCN(CC5CCC(n6cc7cc(NC(=O)c8cccc(C(F)(F)F)n8)c(OC)cc7n6)CC5)CC4)C3)c2)cs1)C1CCCCC1. The van der Waals surface area contributed by atoms with Crippen LogP contribution in [0.5, 0.6) is 11.5 Å². The molecule has 2 saturated heterocycles. The topological polar surface area (TPSA) is 199 Å². The smallest absolute Gasteiger partial charge is 0.433 e. The molecule has 5 fully saturated rings. The van der Waals surface area contributed by atoms with Crippen LogP contribution in [-0.2, 0) is 20.5 Å². The number of ether oxygens (including phenoxy) is 3. The van der Waals surface area contributed by atoms with Gasteiger partial charge in [-0.25, -0.2) is 14.8 Å². The average molecular weight is 1140 g/mol. The van der Waals surface area contributed by atoms with Gasteiger partial charge in [-0.2, -0.15) is 18.3 Å². The van der Waals surface area contributed by atoms with Crippen molar-refractivity contribution in [2.24, 2.45) is 23.2 Å². The van der Waals surface area contributed by atoms with E-state index in [0.29, 0.717) is 75.8 Å². The van der Waals surface area contributed by atoms with Gasteiger partial charge in [0.15, 0.2) is 6.10 Å². The zero-order valence-electron chi connectivity index (χ0n) is 46.4. The normalized spacial score (nSPS) is 21.5. The predicted octanol–water partition coefficient (Wildman–Crippen LogP) is 11.0. The van der Waals surface area contributed by atoms with Crippen molar-refractivity contribution >= 4 is 57.5 Å². The minimum Gasteiger partial charge on any atom is -0.494 e. The van der Waals surface area contributed by atoms with Gasteiger partial charge in [-0.1, -0.05) is 37.5 Å². The highest BCUT2D eigenvalue weighted by Gasteiger charge is 2.46. The van der Waals surface area contributed by atoms with Crippen LogP contribution < -0.4 is 25.4 Å². The van der Waals surface area contributed by atoms with E-state index in [1.54, 1.807) is 29.6 Å². The third-order valence-electron chi connectivity index (χ3n) is 17.7. The Labute approximate surface area is 474 Å². The van der Waals surface area contributed by atoms with Crippen molar-refractivity contribution in [3.63, 3.8) is 0 Å². The number of benzene rings is 2. The molecule has 21 heteroatoms. The fourth-order valence-electron chi connectivity index (χ4n) is 13.2. The summed E-state index contributed by atoms with van der Waals surface area (Å²) in [5.41, 5.74) is 0.818. The van der Waals surface area contributed by atoms with Gasteiger partial charge in [0.25, 0.3) is 11.8 Å². The summed E-state index contributed by atoms with van der Waals surface area (Å²) in [6, 6.07) is 13.2. The first-order valence-electron chi connectivity index (χ1n) is 28.9. The van der Waals surface area contributed by atoms with Crippen LogP contribution in [0.15, 0.2) is 66.2 Å². The number of carbonyl (C=O) groups is 5. The molecule has 0 radical (unpaired) electrons. The Morgan fingerprint density at radius 2 is 1.63 bits per heavy atom. The van der Waals surface area contributed by atoms with Crippen LogP contribution in [0.3, 0.4) is 0 Å². The maximum absolute atomic E-state index is 14.4. The number of methoxy groups -OCH3 is 1. The van der Waals surface area contributed by atoms with E-state index in [2.05, 4.69) is 25.8 Å². The number of halogens is 3. The Hall–Kier alpha value is -6.61. The minimum atomic E-state index is -4.67. The molecule has 5 heterocycles. The van der Waals surface area contributed by atoms with Gasteiger partial charge in [0, 0.05) is 48.7 Å². The number of carbonyl (C=O) groups excluding carboxylic acids is 5. The van der Waals surface area contributed by atoms with Gasteiger partial charge in [-0.3, -0.25) is 23.9 Å². The molecule has 2 aliphatic heterocycles. The van der Waals surface area contributed by atoms with Crippen molar-refractivity contribution in [2.45, 2.75) is 146 Å². The Bertz CT molecular complexity index is 3050. The molecule has 1 spiro atoms. The zero-order chi connectivity index (χ0) is 56.8. The number of fused-ring (bicyclic) bond motifs is 1. The summed E-state index contributed by atoms with van der Waals surface area (Å²) in [6.45, 7) is 5.99. The average Bonchev–Trinajstić information content (AvgIpc) is 4.47. The Morgan fingerprint density at radius 1 is 0.864 bits per heavy atom. The minimum absolute atomic E-state index is 0.0305. The molecule has 17 nitrogen and oxygen atoms in total. The molecule has 2 aromatic carbocycles. The van der Waals surface area contributed by atoms with Crippen LogP contribution in [0.2, 0.25) is 0 Å². The van der Waals surface area contributed by atoms with E-state index in [4.69, 9.17) is 24.3 Å². The molecular weight excluding hydrogens is 1060 g/mol. The summed E-state index contributed by atoms with van der Waals surface area (Å²) in [5.74, 6) is 0.650. The van der Waals surface area contributed by atoms with Crippen LogP contribution in [0, 0.1) is 23.2 Å². The standard InChI is InChI=1S/C60H74F3N9O8S/c1-37(80-58(77)64-2)54(74)68-52(40-12-5-4-6-13-40)57(76)71-25-9-17-49(71)56-67-48(36-81-56)53(73)41-14-7-15-44(29-41)79-28-10-11-39-32-59(33-39)23-26-70(27-24-59)34-38-19-21-43(22-20-38)72-35-42-30-47(50(78-3)31-46(42)69-72)66-55(75)45-16-8-18-51(65-45)60(61,62)63/h7-8,14-16,18,29-31,35-40,43,49,52H,4-6,9-13,17,19-28,32-34H2,1-3H3,(H,64,77)(H,66,75)(H,68,74)/t37-,38?,43?,49-,52-/m0/s1. The fourth-order valence-corrected chi connectivity index (χ4v) is 14.2. The maximum atomic E-state index is 14.4. The molecule has 5 aliphatic rings. The molecule has 3 atom stereocenters. The van der Waals surface area contributed by atoms with Crippen molar-refractivity contribution in [3.8, 4) is 11.5 Å². The summed E-state index contributed by atoms with van der Waals surface area (Å²) in [7, 11) is 2.89. The number of piperidine rings is 1. The van der Waals surface area contributed by atoms with E-state index in [9.17, 15) is 37.1 Å². The molecule has 3 N–H and O–H groups in total. The molecule has 3 aliphatic carbocycles. The first kappa shape index (κ1) is 57.6. The summed E-state index contributed by atoms with van der Waals surface area (Å²) in [6.07, 6.45) is 13.0. The van der Waals surface area contributed by atoms with E-state index < -0.39 is 41.9 Å².